The molecule has 5 nitrogen and oxygen atoms in total. The molecule has 0 rings (SSSR count). The first-order valence-corrected chi connectivity index (χ1v) is 7.56. The van der Waals surface area contributed by atoms with Crippen molar-refractivity contribution in [2.75, 3.05) is 19.8 Å². The van der Waals surface area contributed by atoms with Crippen molar-refractivity contribution in [1.82, 2.24) is 5.32 Å². The summed E-state index contributed by atoms with van der Waals surface area (Å²) in [6.45, 7) is 13.0. The van der Waals surface area contributed by atoms with Crippen LogP contribution in [0.25, 0.3) is 0 Å². The molecule has 0 aromatic rings. The summed E-state index contributed by atoms with van der Waals surface area (Å²) in [7, 11) is 0. The third kappa shape index (κ3) is 15.1. The average Bonchev–Trinajstić information content (AvgIpc) is 2.27. The molecule has 0 aromatic carbocycles. The van der Waals surface area contributed by atoms with Crippen LogP contribution in [0.5, 0.6) is 0 Å². The van der Waals surface area contributed by atoms with Gasteiger partial charge >= 0.3 is 5.97 Å². The largest absolute Gasteiger partial charge is 0.460 e. The zero-order valence-corrected chi connectivity index (χ0v) is 14.4. The van der Waals surface area contributed by atoms with Crippen LogP contribution in [-0.2, 0) is 19.1 Å². The molecule has 1 amide bonds. The monoisotopic (exact) mass is 301 g/mol. The maximum atomic E-state index is 11.5. The van der Waals surface area contributed by atoms with E-state index >= 15 is 0 Å². The van der Waals surface area contributed by atoms with Crippen LogP contribution < -0.4 is 5.32 Å². The van der Waals surface area contributed by atoms with Crippen molar-refractivity contribution in [3.05, 3.63) is 0 Å². The molecular weight excluding hydrogens is 270 g/mol. The topological polar surface area (TPSA) is 64.6 Å². The van der Waals surface area contributed by atoms with Crippen LogP contribution in [0.1, 0.15) is 60.8 Å². The lowest BCUT2D eigenvalue weighted by Gasteiger charge is -2.19. The maximum absolute atomic E-state index is 11.5. The van der Waals surface area contributed by atoms with Crippen LogP contribution in [0, 0.1) is 5.41 Å². The van der Waals surface area contributed by atoms with Crippen molar-refractivity contribution in [1.29, 1.82) is 0 Å². The van der Waals surface area contributed by atoms with Crippen LogP contribution >= 0.6 is 0 Å². The molecule has 0 unspecified atom stereocenters. The SMILES string of the molecule is CC(C)(C)CCC(=O)NCCOCCC(=O)OC(C)(C)C. The minimum atomic E-state index is -0.460. The predicted octanol–water partition coefficient (Wildman–Crippen LogP) is 2.68. The summed E-state index contributed by atoms with van der Waals surface area (Å²) in [5.41, 5.74) is -0.292. The number of carbonyl (C=O) groups is 2. The van der Waals surface area contributed by atoms with E-state index in [1.165, 1.54) is 0 Å². The van der Waals surface area contributed by atoms with Crippen molar-refractivity contribution < 1.29 is 19.1 Å². The molecule has 0 aliphatic carbocycles. The standard InChI is InChI=1S/C16H31NO4/c1-15(2,3)9-7-13(18)17-10-12-20-11-8-14(19)21-16(4,5)6/h7-12H2,1-6H3,(H,17,18). The smallest absolute Gasteiger partial charge is 0.308 e. The summed E-state index contributed by atoms with van der Waals surface area (Å²) >= 11 is 0. The van der Waals surface area contributed by atoms with Crippen LogP contribution in [0.4, 0.5) is 0 Å². The van der Waals surface area contributed by atoms with Gasteiger partial charge < -0.3 is 14.8 Å². The number of carbonyl (C=O) groups excluding carboxylic acids is 2. The highest BCUT2D eigenvalue weighted by atomic mass is 16.6. The van der Waals surface area contributed by atoms with Crippen LogP contribution in [0.15, 0.2) is 0 Å². The molecule has 0 fully saturated rings. The Bertz CT molecular complexity index is 326. The lowest BCUT2D eigenvalue weighted by atomic mass is 9.90. The number of rotatable bonds is 8. The highest BCUT2D eigenvalue weighted by Gasteiger charge is 2.15. The molecule has 0 saturated carbocycles. The number of esters is 1. The summed E-state index contributed by atoms with van der Waals surface area (Å²) in [5.74, 6) is -0.225. The first-order valence-electron chi connectivity index (χ1n) is 7.56. The molecule has 0 aromatic heterocycles. The molecule has 0 bridgehead atoms. The molecule has 0 spiro atoms. The van der Waals surface area contributed by atoms with E-state index in [2.05, 4.69) is 26.1 Å². The Labute approximate surface area is 128 Å². The van der Waals surface area contributed by atoms with Crippen LogP contribution in [0.3, 0.4) is 0 Å². The summed E-state index contributed by atoms with van der Waals surface area (Å²) in [6.07, 6.45) is 1.62. The van der Waals surface area contributed by atoms with Crippen LogP contribution in [0.2, 0.25) is 0 Å². The number of nitrogens with one attached hydrogen (secondary N) is 1. The molecule has 0 aliphatic rings. The Balaban J connectivity index is 3.52. The molecule has 0 radical (unpaired) electrons. The molecular formula is C16H31NO4. The lowest BCUT2D eigenvalue weighted by Crippen LogP contribution is -2.28. The fourth-order valence-electron chi connectivity index (χ4n) is 1.49. The Morgan fingerprint density at radius 1 is 0.952 bits per heavy atom. The minimum absolute atomic E-state index is 0.0423. The molecule has 0 saturated heterocycles. The van der Waals surface area contributed by atoms with Gasteiger partial charge in [0, 0.05) is 13.0 Å². The minimum Gasteiger partial charge on any atom is -0.460 e. The van der Waals surface area contributed by atoms with Gasteiger partial charge in [0.25, 0.3) is 0 Å². The molecule has 21 heavy (non-hydrogen) atoms. The Hall–Kier alpha value is -1.10. The Kier molecular flexibility index (Phi) is 8.55. The van der Waals surface area contributed by atoms with Gasteiger partial charge in [0.05, 0.1) is 19.6 Å². The molecule has 0 aliphatic heterocycles. The van der Waals surface area contributed by atoms with E-state index in [1.807, 2.05) is 20.8 Å². The maximum Gasteiger partial charge on any atom is 0.308 e. The van der Waals surface area contributed by atoms with Crippen LogP contribution in [-0.4, -0.2) is 37.2 Å². The van der Waals surface area contributed by atoms with Gasteiger partial charge in [-0.1, -0.05) is 20.8 Å². The third-order valence-corrected chi connectivity index (χ3v) is 2.54. The average molecular weight is 301 g/mol. The molecule has 0 heterocycles. The Morgan fingerprint density at radius 2 is 1.57 bits per heavy atom. The van der Waals surface area contributed by atoms with E-state index in [-0.39, 0.29) is 23.7 Å². The highest BCUT2D eigenvalue weighted by Crippen LogP contribution is 2.20. The van der Waals surface area contributed by atoms with Gasteiger partial charge in [-0.2, -0.15) is 0 Å². The first-order chi connectivity index (χ1) is 9.49. The summed E-state index contributed by atoms with van der Waals surface area (Å²) < 4.78 is 10.5. The quantitative estimate of drug-likeness (QED) is 0.553. The van der Waals surface area contributed by atoms with Crippen molar-refractivity contribution in [3.8, 4) is 0 Å². The predicted molar refractivity (Wildman–Crippen MR) is 83.0 cm³/mol. The van der Waals surface area contributed by atoms with Gasteiger partial charge in [-0.3, -0.25) is 9.59 Å². The third-order valence-electron chi connectivity index (χ3n) is 2.54. The fraction of sp³-hybridized carbons (Fsp3) is 0.875. The van der Waals surface area contributed by atoms with E-state index in [9.17, 15) is 9.59 Å². The number of hydrogen-bond donors (Lipinski definition) is 1. The van der Waals surface area contributed by atoms with Crippen molar-refractivity contribution in [2.24, 2.45) is 5.41 Å². The highest BCUT2D eigenvalue weighted by molar-refractivity contribution is 5.75. The summed E-state index contributed by atoms with van der Waals surface area (Å²) in [4.78, 5) is 23.0. The van der Waals surface area contributed by atoms with Crippen molar-refractivity contribution in [2.45, 2.75) is 66.4 Å². The van der Waals surface area contributed by atoms with E-state index in [4.69, 9.17) is 9.47 Å². The van der Waals surface area contributed by atoms with Crippen molar-refractivity contribution in [3.63, 3.8) is 0 Å². The lowest BCUT2D eigenvalue weighted by molar-refractivity contribution is -0.156. The number of ether oxygens (including phenoxy) is 2. The zero-order valence-electron chi connectivity index (χ0n) is 14.4. The van der Waals surface area contributed by atoms with Gasteiger partial charge in [-0.05, 0) is 32.6 Å². The summed E-state index contributed by atoms with van der Waals surface area (Å²) in [5, 5.41) is 2.80. The molecule has 1 N–H and O–H groups in total. The van der Waals surface area contributed by atoms with Gasteiger partial charge in [0.15, 0.2) is 0 Å². The molecule has 0 atom stereocenters. The molecule has 124 valence electrons. The Morgan fingerprint density at radius 3 is 2.10 bits per heavy atom. The second-order valence-electron chi connectivity index (χ2n) is 7.36. The fourth-order valence-corrected chi connectivity index (χ4v) is 1.49. The van der Waals surface area contributed by atoms with Gasteiger partial charge in [-0.15, -0.1) is 0 Å². The molecule has 5 heteroatoms. The zero-order chi connectivity index (χ0) is 16.5. The van der Waals surface area contributed by atoms with Gasteiger partial charge in [0.2, 0.25) is 5.91 Å². The van der Waals surface area contributed by atoms with E-state index in [1.54, 1.807) is 0 Å². The first kappa shape index (κ1) is 19.9. The second kappa shape index (κ2) is 9.03. The van der Waals surface area contributed by atoms with Gasteiger partial charge in [0.1, 0.15) is 5.60 Å². The van der Waals surface area contributed by atoms with Gasteiger partial charge in [-0.25, -0.2) is 0 Å². The number of hydrogen-bond acceptors (Lipinski definition) is 4. The summed E-state index contributed by atoms with van der Waals surface area (Å²) in [6, 6.07) is 0. The normalized spacial score (nSPS) is 12.1. The van der Waals surface area contributed by atoms with E-state index < -0.39 is 5.60 Å². The number of amides is 1. The second-order valence-corrected chi connectivity index (χ2v) is 7.36. The van der Waals surface area contributed by atoms with E-state index in [0.717, 1.165) is 6.42 Å². The van der Waals surface area contributed by atoms with Crippen molar-refractivity contribution >= 4 is 11.9 Å². The van der Waals surface area contributed by atoms with E-state index in [0.29, 0.717) is 26.2 Å².